The molecule has 0 saturated carbocycles. The van der Waals surface area contributed by atoms with Crippen LogP contribution < -0.4 is 0 Å². The fourth-order valence-electron chi connectivity index (χ4n) is 0.177. The molecule has 9 heteroatoms. The van der Waals surface area contributed by atoms with Crippen LogP contribution in [0.4, 0.5) is 0 Å². The van der Waals surface area contributed by atoms with Crippen LogP contribution >= 0.6 is 0 Å². The van der Waals surface area contributed by atoms with Gasteiger partial charge in [-0.15, -0.1) is 0 Å². The molecule has 1 radical (unpaired) electrons. The van der Waals surface area contributed by atoms with Gasteiger partial charge in [-0.05, 0) is 0 Å². The van der Waals surface area contributed by atoms with Gasteiger partial charge in [0.15, 0.2) is 0 Å². The molecule has 0 aromatic rings. The Labute approximate surface area is 111 Å². The van der Waals surface area contributed by atoms with Gasteiger partial charge in [0.25, 0.3) is 0 Å². The van der Waals surface area contributed by atoms with Crippen molar-refractivity contribution in [3.05, 3.63) is 22.9 Å². The second kappa shape index (κ2) is 24.5. The van der Waals surface area contributed by atoms with Crippen molar-refractivity contribution in [2.45, 2.75) is 12.8 Å². The molecule has 0 aromatic heterocycles. The van der Waals surface area contributed by atoms with Crippen molar-refractivity contribution in [1.82, 2.24) is 0 Å². The maximum absolute atomic E-state index is 9.10. The summed E-state index contributed by atoms with van der Waals surface area (Å²) >= 11 is 0. The predicted octanol–water partition coefficient (Wildman–Crippen LogP) is 2.11. The van der Waals surface area contributed by atoms with Crippen molar-refractivity contribution in [3.63, 3.8) is 0 Å². The van der Waals surface area contributed by atoms with Gasteiger partial charge in [-0.25, -0.2) is 9.59 Å². The summed E-state index contributed by atoms with van der Waals surface area (Å²) in [5.74, 6) is -3.65. The minimum absolute atomic E-state index is 0. The predicted molar refractivity (Wildman–Crippen MR) is 61.3 cm³/mol. The first-order chi connectivity index (χ1) is 7.47. The molecule has 0 fully saturated rings. The molecule has 0 saturated heterocycles. The summed E-state index contributed by atoms with van der Waals surface area (Å²) in [6.07, 6.45) is 1.44. The topological polar surface area (TPSA) is 170 Å². The standard InChI is InChI=1S/2C3H8N2.C2H2O4.Co/c2*4-2-1-3-5;3-1(4)2(5)6;/h2*4-5H,1-3H2;(H,3,4)(H,5,6);/q2*-2;;. The van der Waals surface area contributed by atoms with Crippen LogP contribution in [0.3, 0.4) is 0 Å². The molecule has 0 aromatic carbocycles. The van der Waals surface area contributed by atoms with E-state index in [1.165, 1.54) is 0 Å². The Morgan fingerprint density at radius 1 is 0.706 bits per heavy atom. The molecule has 107 valence electrons. The third-order valence-corrected chi connectivity index (χ3v) is 0.890. The van der Waals surface area contributed by atoms with Crippen LogP contribution in [0.15, 0.2) is 0 Å². The average Bonchev–Trinajstić information content (AvgIpc) is 2.22. The van der Waals surface area contributed by atoms with Crippen LogP contribution in [-0.2, 0) is 26.4 Å². The van der Waals surface area contributed by atoms with Crippen LogP contribution in [0, 0.1) is 0 Å². The van der Waals surface area contributed by atoms with Crippen LogP contribution in [0.5, 0.6) is 0 Å². The number of hydrogen-bond donors (Lipinski definition) is 2. The van der Waals surface area contributed by atoms with Crippen LogP contribution in [-0.4, -0.2) is 48.3 Å². The molecule has 0 unspecified atom stereocenters. The van der Waals surface area contributed by atoms with Gasteiger partial charge < -0.3 is 33.1 Å². The Balaban J connectivity index is -0.0000000729. The van der Waals surface area contributed by atoms with Gasteiger partial charge in [-0.3, -0.25) is 0 Å². The summed E-state index contributed by atoms with van der Waals surface area (Å²) in [4.78, 5) is 18.2. The van der Waals surface area contributed by atoms with Crippen LogP contribution in [0.1, 0.15) is 12.8 Å². The fraction of sp³-hybridized carbons (Fsp3) is 0.750. The van der Waals surface area contributed by atoms with Crippen molar-refractivity contribution in [1.29, 1.82) is 0 Å². The maximum Gasteiger partial charge on any atom is 0.414 e. The first-order valence-electron chi connectivity index (χ1n) is 4.52. The molecule has 0 rings (SSSR count). The SMILES string of the molecule is O=C(O)C(=O)O.[Co].[NH-]CCC[NH-].[NH-]CCC[NH-]. The number of aliphatic carboxylic acids is 2. The molecule has 17 heavy (non-hydrogen) atoms. The molecule has 6 N–H and O–H groups in total. The summed E-state index contributed by atoms with van der Waals surface area (Å²) in [5.41, 5.74) is 25.9. The molecular formula is C8H18CoN4O4-4. The van der Waals surface area contributed by atoms with E-state index in [-0.39, 0.29) is 16.8 Å². The van der Waals surface area contributed by atoms with E-state index in [1.54, 1.807) is 0 Å². The van der Waals surface area contributed by atoms with Gasteiger partial charge in [0.05, 0.1) is 0 Å². The summed E-state index contributed by atoms with van der Waals surface area (Å²) in [6, 6.07) is 0. The Kier molecular flexibility index (Phi) is 36.3. The van der Waals surface area contributed by atoms with Gasteiger partial charge in [-0.1, -0.05) is 12.8 Å². The van der Waals surface area contributed by atoms with Crippen LogP contribution in [0.2, 0.25) is 0 Å². The van der Waals surface area contributed by atoms with E-state index in [1.807, 2.05) is 0 Å². The molecule has 0 aliphatic rings. The number of nitrogens with one attached hydrogen (secondary N) is 4. The fourth-order valence-corrected chi connectivity index (χ4v) is 0.177. The molecule has 0 amide bonds. The summed E-state index contributed by atoms with van der Waals surface area (Å²) in [6.45, 7) is 1.62. The molecule has 0 aliphatic heterocycles. The van der Waals surface area contributed by atoms with Crippen molar-refractivity contribution in [2.24, 2.45) is 0 Å². The van der Waals surface area contributed by atoms with Crippen LogP contribution in [0.25, 0.3) is 22.9 Å². The van der Waals surface area contributed by atoms with E-state index in [9.17, 15) is 0 Å². The smallest absolute Gasteiger partial charge is 0.414 e. The summed E-state index contributed by atoms with van der Waals surface area (Å²) in [7, 11) is 0. The molecular weight excluding hydrogens is 275 g/mol. The first kappa shape index (κ1) is 25.2. The van der Waals surface area contributed by atoms with E-state index < -0.39 is 11.9 Å². The second-order valence-corrected chi connectivity index (χ2v) is 2.32. The number of carbonyl (C=O) groups is 2. The van der Waals surface area contributed by atoms with Gasteiger partial charge in [0.1, 0.15) is 0 Å². The van der Waals surface area contributed by atoms with E-state index in [0.717, 1.165) is 12.8 Å². The van der Waals surface area contributed by atoms with E-state index in [0.29, 0.717) is 26.2 Å². The zero-order valence-electron chi connectivity index (χ0n) is 9.29. The Hall–Kier alpha value is -0.714. The first-order valence-corrected chi connectivity index (χ1v) is 4.52. The van der Waals surface area contributed by atoms with E-state index >= 15 is 0 Å². The number of carboxylic acid groups (broad SMARTS) is 2. The number of carboxylic acids is 2. The van der Waals surface area contributed by atoms with Crippen molar-refractivity contribution >= 4 is 11.9 Å². The maximum atomic E-state index is 9.10. The average molecular weight is 293 g/mol. The third-order valence-electron chi connectivity index (χ3n) is 0.890. The van der Waals surface area contributed by atoms with E-state index in [4.69, 9.17) is 42.7 Å². The zero-order chi connectivity index (χ0) is 13.4. The van der Waals surface area contributed by atoms with Crippen molar-refractivity contribution < 1.29 is 36.6 Å². The largest absolute Gasteiger partial charge is 0.677 e. The second-order valence-electron chi connectivity index (χ2n) is 2.32. The zero-order valence-corrected chi connectivity index (χ0v) is 10.3. The minimum atomic E-state index is -1.82. The van der Waals surface area contributed by atoms with Gasteiger partial charge in [0.2, 0.25) is 0 Å². The molecule has 0 heterocycles. The van der Waals surface area contributed by atoms with Crippen molar-refractivity contribution in [3.8, 4) is 0 Å². The quantitative estimate of drug-likeness (QED) is 0.756. The van der Waals surface area contributed by atoms with Gasteiger partial charge >= 0.3 is 11.9 Å². The number of rotatable bonds is 4. The van der Waals surface area contributed by atoms with Gasteiger partial charge in [-0.2, -0.15) is 26.2 Å². The minimum Gasteiger partial charge on any atom is -0.677 e. The van der Waals surface area contributed by atoms with Crippen molar-refractivity contribution in [2.75, 3.05) is 26.2 Å². The molecule has 0 bridgehead atoms. The Morgan fingerprint density at radius 3 is 0.882 bits per heavy atom. The summed E-state index contributed by atoms with van der Waals surface area (Å²) in [5, 5.41) is 14.8. The molecule has 0 spiro atoms. The number of hydrogen-bond acceptors (Lipinski definition) is 2. The monoisotopic (exact) mass is 293 g/mol. The molecule has 0 atom stereocenters. The Bertz CT molecular complexity index is 150. The summed E-state index contributed by atoms with van der Waals surface area (Å²) < 4.78 is 0. The van der Waals surface area contributed by atoms with E-state index in [2.05, 4.69) is 0 Å². The molecule has 0 aliphatic carbocycles. The third kappa shape index (κ3) is 50.8. The molecule has 8 nitrogen and oxygen atoms in total. The Morgan fingerprint density at radius 2 is 0.882 bits per heavy atom. The van der Waals surface area contributed by atoms with Gasteiger partial charge in [0, 0.05) is 16.8 Å². The normalized spacial score (nSPS) is 7.53.